The zero-order valence-electron chi connectivity index (χ0n) is 8.77. The van der Waals surface area contributed by atoms with Crippen LogP contribution in [0.4, 0.5) is 13.2 Å². The molecule has 1 N–H and O–H groups in total. The van der Waals surface area contributed by atoms with Crippen molar-refractivity contribution in [2.45, 2.75) is 32.5 Å². The standard InChI is InChI=1S/C9H13F3N2O/c1-5(2)7-6(4-13-3)15-8(14-7)9(10,11)12/h5,13H,4H2,1-3H3. The lowest BCUT2D eigenvalue weighted by Gasteiger charge is -2.01. The molecule has 0 spiro atoms. The number of nitrogens with one attached hydrogen (secondary N) is 1. The van der Waals surface area contributed by atoms with Crippen molar-refractivity contribution in [2.24, 2.45) is 0 Å². The number of hydrogen-bond donors (Lipinski definition) is 1. The van der Waals surface area contributed by atoms with Gasteiger partial charge in [0, 0.05) is 0 Å². The molecule has 0 saturated heterocycles. The van der Waals surface area contributed by atoms with E-state index in [0.717, 1.165) is 0 Å². The van der Waals surface area contributed by atoms with Gasteiger partial charge in [-0.25, -0.2) is 4.98 Å². The van der Waals surface area contributed by atoms with Crippen molar-refractivity contribution in [1.29, 1.82) is 0 Å². The Morgan fingerprint density at radius 2 is 2.00 bits per heavy atom. The van der Waals surface area contributed by atoms with E-state index < -0.39 is 12.1 Å². The van der Waals surface area contributed by atoms with Crippen molar-refractivity contribution in [1.82, 2.24) is 10.3 Å². The summed E-state index contributed by atoms with van der Waals surface area (Å²) < 4.78 is 41.6. The summed E-state index contributed by atoms with van der Waals surface area (Å²) in [7, 11) is 1.64. The lowest BCUT2D eigenvalue weighted by Crippen LogP contribution is -2.07. The highest BCUT2D eigenvalue weighted by Crippen LogP contribution is 2.31. The molecule has 0 aliphatic heterocycles. The molecule has 0 radical (unpaired) electrons. The molecule has 0 amide bonds. The number of hydrogen-bond acceptors (Lipinski definition) is 3. The van der Waals surface area contributed by atoms with Crippen molar-refractivity contribution in [3.05, 3.63) is 17.3 Å². The van der Waals surface area contributed by atoms with E-state index in [9.17, 15) is 13.2 Å². The molecule has 1 rings (SSSR count). The molecule has 0 bridgehead atoms. The van der Waals surface area contributed by atoms with Gasteiger partial charge in [-0.15, -0.1) is 0 Å². The SMILES string of the molecule is CNCc1oc(C(F)(F)F)nc1C(C)C. The summed E-state index contributed by atoms with van der Waals surface area (Å²) in [6.07, 6.45) is -4.52. The molecule has 0 aliphatic rings. The molecule has 15 heavy (non-hydrogen) atoms. The molecular weight excluding hydrogens is 209 g/mol. The average molecular weight is 222 g/mol. The predicted molar refractivity (Wildman–Crippen MR) is 48.4 cm³/mol. The first-order valence-electron chi connectivity index (χ1n) is 4.57. The molecule has 6 heteroatoms. The van der Waals surface area contributed by atoms with Crippen molar-refractivity contribution in [3.63, 3.8) is 0 Å². The number of aromatic nitrogens is 1. The molecule has 0 saturated carbocycles. The molecule has 1 aromatic rings. The topological polar surface area (TPSA) is 38.1 Å². The second-order valence-electron chi connectivity index (χ2n) is 3.51. The van der Waals surface area contributed by atoms with E-state index in [1.165, 1.54) is 0 Å². The van der Waals surface area contributed by atoms with E-state index >= 15 is 0 Å². The summed E-state index contributed by atoms with van der Waals surface area (Å²) in [6.45, 7) is 3.80. The van der Waals surface area contributed by atoms with Gasteiger partial charge >= 0.3 is 12.1 Å². The Bertz CT molecular complexity index is 331. The summed E-state index contributed by atoms with van der Waals surface area (Å²) in [4.78, 5) is 3.47. The molecule has 86 valence electrons. The molecule has 0 atom stereocenters. The fourth-order valence-electron chi connectivity index (χ4n) is 1.22. The normalized spacial score (nSPS) is 12.5. The van der Waals surface area contributed by atoms with Gasteiger partial charge in [-0.05, 0) is 13.0 Å². The minimum absolute atomic E-state index is 0.0896. The van der Waals surface area contributed by atoms with Crippen LogP contribution in [0.15, 0.2) is 4.42 Å². The fraction of sp³-hybridized carbons (Fsp3) is 0.667. The molecule has 0 unspecified atom stereocenters. The minimum Gasteiger partial charge on any atom is -0.436 e. The minimum atomic E-state index is -4.52. The maximum atomic E-state index is 12.3. The lowest BCUT2D eigenvalue weighted by atomic mass is 10.1. The summed E-state index contributed by atoms with van der Waals surface area (Å²) in [6, 6.07) is 0. The number of oxazole rings is 1. The van der Waals surface area contributed by atoms with Crippen molar-refractivity contribution in [3.8, 4) is 0 Å². The first-order chi connectivity index (χ1) is 6.86. The monoisotopic (exact) mass is 222 g/mol. The van der Waals surface area contributed by atoms with E-state index in [0.29, 0.717) is 5.69 Å². The molecule has 1 aromatic heterocycles. The fourth-order valence-corrected chi connectivity index (χ4v) is 1.22. The smallest absolute Gasteiger partial charge is 0.436 e. The summed E-state index contributed by atoms with van der Waals surface area (Å²) in [5, 5.41) is 2.74. The van der Waals surface area contributed by atoms with Crippen LogP contribution in [0.1, 0.15) is 37.1 Å². The van der Waals surface area contributed by atoms with Crippen LogP contribution in [0.3, 0.4) is 0 Å². The Labute approximate surface area is 85.7 Å². The van der Waals surface area contributed by atoms with E-state index in [1.54, 1.807) is 20.9 Å². The van der Waals surface area contributed by atoms with E-state index in [-0.39, 0.29) is 18.2 Å². The maximum absolute atomic E-state index is 12.3. The van der Waals surface area contributed by atoms with Crippen LogP contribution in [0.2, 0.25) is 0 Å². The van der Waals surface area contributed by atoms with Gasteiger partial charge < -0.3 is 9.73 Å². The van der Waals surface area contributed by atoms with Crippen LogP contribution >= 0.6 is 0 Å². The van der Waals surface area contributed by atoms with Gasteiger partial charge in [0.25, 0.3) is 0 Å². The first-order valence-corrected chi connectivity index (χ1v) is 4.57. The average Bonchev–Trinajstić information content (AvgIpc) is 2.48. The van der Waals surface area contributed by atoms with Gasteiger partial charge in [0.1, 0.15) is 5.76 Å². The van der Waals surface area contributed by atoms with Crippen LogP contribution in [0, 0.1) is 0 Å². The van der Waals surface area contributed by atoms with Crippen LogP contribution in [0.5, 0.6) is 0 Å². The van der Waals surface area contributed by atoms with Gasteiger partial charge in [0.15, 0.2) is 0 Å². The van der Waals surface area contributed by atoms with Crippen LogP contribution in [0.25, 0.3) is 0 Å². The Kier molecular flexibility index (Phi) is 3.38. The third-order valence-corrected chi connectivity index (χ3v) is 1.85. The third kappa shape index (κ3) is 2.71. The van der Waals surface area contributed by atoms with Gasteiger partial charge in [-0.3, -0.25) is 0 Å². The first kappa shape index (κ1) is 12.0. The summed E-state index contributed by atoms with van der Waals surface area (Å²) in [5.41, 5.74) is 0.358. The Balaban J connectivity index is 3.09. The van der Waals surface area contributed by atoms with E-state index in [1.807, 2.05) is 0 Å². The largest absolute Gasteiger partial charge is 0.468 e. The van der Waals surface area contributed by atoms with E-state index in [4.69, 9.17) is 0 Å². The van der Waals surface area contributed by atoms with E-state index in [2.05, 4.69) is 14.7 Å². The second-order valence-corrected chi connectivity index (χ2v) is 3.51. The summed E-state index contributed by atoms with van der Waals surface area (Å²) in [5.74, 6) is -1.01. The molecule has 0 aromatic carbocycles. The van der Waals surface area contributed by atoms with Gasteiger partial charge in [0.2, 0.25) is 0 Å². The van der Waals surface area contributed by atoms with Gasteiger partial charge in [-0.1, -0.05) is 13.8 Å². The zero-order chi connectivity index (χ0) is 11.6. The Morgan fingerprint density at radius 1 is 1.40 bits per heavy atom. The van der Waals surface area contributed by atoms with Crippen molar-refractivity contribution in [2.75, 3.05) is 7.05 Å². The highest BCUT2D eigenvalue weighted by atomic mass is 19.4. The van der Waals surface area contributed by atoms with Crippen LogP contribution in [-0.4, -0.2) is 12.0 Å². The molecule has 0 fully saturated rings. The maximum Gasteiger partial charge on any atom is 0.468 e. The predicted octanol–water partition coefficient (Wildman–Crippen LogP) is 2.54. The molecule has 3 nitrogen and oxygen atoms in total. The molecule has 0 aliphatic carbocycles. The van der Waals surface area contributed by atoms with Crippen molar-refractivity contribution < 1.29 is 17.6 Å². The summed E-state index contributed by atoms with van der Waals surface area (Å²) >= 11 is 0. The molecule has 1 heterocycles. The number of rotatable bonds is 3. The highest BCUT2D eigenvalue weighted by Gasteiger charge is 2.38. The highest BCUT2D eigenvalue weighted by molar-refractivity contribution is 5.14. The molecular formula is C9H13F3N2O. The lowest BCUT2D eigenvalue weighted by molar-refractivity contribution is -0.157. The Morgan fingerprint density at radius 3 is 2.40 bits per heavy atom. The number of halogens is 3. The van der Waals surface area contributed by atoms with Gasteiger partial charge in [-0.2, -0.15) is 13.2 Å². The van der Waals surface area contributed by atoms with Crippen molar-refractivity contribution >= 4 is 0 Å². The number of alkyl halides is 3. The second kappa shape index (κ2) is 4.22. The van der Waals surface area contributed by atoms with Gasteiger partial charge in [0.05, 0.1) is 12.2 Å². The quantitative estimate of drug-likeness (QED) is 0.854. The van der Waals surface area contributed by atoms with Crippen LogP contribution < -0.4 is 5.32 Å². The number of nitrogens with zero attached hydrogens (tertiary/aromatic N) is 1. The third-order valence-electron chi connectivity index (χ3n) is 1.85. The zero-order valence-corrected chi connectivity index (χ0v) is 8.77. The van der Waals surface area contributed by atoms with Crippen LogP contribution in [-0.2, 0) is 12.7 Å². The Hall–Kier alpha value is -1.04.